The minimum Gasteiger partial charge on any atom is -0.870 e. The van der Waals surface area contributed by atoms with Gasteiger partial charge in [0.05, 0.1) is 0 Å². The van der Waals surface area contributed by atoms with E-state index in [1.165, 1.54) is 0 Å². The van der Waals surface area contributed by atoms with Gasteiger partial charge in [-0.2, -0.15) is 0 Å². The molecule has 0 aliphatic carbocycles. The van der Waals surface area contributed by atoms with Crippen LogP contribution in [-0.4, -0.2) is 33.0 Å². The molecule has 4 nitrogen and oxygen atoms in total. The maximum absolute atomic E-state index is 11.7. The van der Waals surface area contributed by atoms with Gasteiger partial charge in [0.2, 0.25) is 0 Å². The fraction of sp³-hybridized carbons (Fsp3) is 0.400. The van der Waals surface area contributed by atoms with E-state index in [2.05, 4.69) is 0 Å². The van der Waals surface area contributed by atoms with E-state index in [1.54, 1.807) is 24.3 Å². The van der Waals surface area contributed by atoms with E-state index in [9.17, 15) is 8.42 Å². The van der Waals surface area contributed by atoms with Crippen LogP contribution in [0.2, 0.25) is 0 Å². The van der Waals surface area contributed by atoms with Crippen LogP contribution in [-0.2, 0) is 9.84 Å². The third-order valence-corrected chi connectivity index (χ3v) is 3.89. The molecule has 1 aromatic carbocycles. The van der Waals surface area contributed by atoms with E-state index < -0.39 is 9.84 Å². The van der Waals surface area contributed by atoms with Crippen molar-refractivity contribution in [2.24, 2.45) is 5.92 Å². The van der Waals surface area contributed by atoms with Crippen molar-refractivity contribution in [1.29, 1.82) is 0 Å². The molecule has 1 rings (SSSR count). The number of benzene rings is 1. The van der Waals surface area contributed by atoms with Gasteiger partial charge >= 0.3 is 86.2 Å². The summed E-state index contributed by atoms with van der Waals surface area (Å²) >= 11 is 0. The maximum Gasteiger partial charge on any atom is -0.870 e. The van der Waals surface area contributed by atoms with Gasteiger partial charge in [0.15, 0.2) is 0 Å². The molecule has 0 aliphatic heterocycles. The van der Waals surface area contributed by atoms with Gasteiger partial charge in [-0.25, -0.2) is 0 Å². The van der Waals surface area contributed by atoms with Crippen LogP contribution < -0.4 is 5.46 Å². The van der Waals surface area contributed by atoms with Gasteiger partial charge in [0, 0.05) is 0 Å². The standard InChI is InChI=1S/C10H13BO2S.2H2O/c1-8(2)7-14(12,13)10-5-3-9(11)4-6-10;;/h3-6,8H,7H2,1-2H3;2*1H2/q+2;;/p-2. The molecule has 0 aliphatic rings. The van der Waals surface area contributed by atoms with E-state index in [-0.39, 0.29) is 22.6 Å². The summed E-state index contributed by atoms with van der Waals surface area (Å²) in [5.41, 5.74) is 0.577. The first-order valence-corrected chi connectivity index (χ1v) is 6.15. The normalized spacial score (nSPS) is 10.6. The molecule has 0 saturated heterocycles. The molecule has 16 heavy (non-hydrogen) atoms. The van der Waals surface area contributed by atoms with Crippen LogP contribution in [0.25, 0.3) is 0 Å². The second-order valence-electron chi connectivity index (χ2n) is 3.74. The first-order valence-electron chi connectivity index (χ1n) is 4.50. The van der Waals surface area contributed by atoms with Crippen LogP contribution in [0.3, 0.4) is 0 Å². The second-order valence-corrected chi connectivity index (χ2v) is 5.78. The molecule has 2 N–H and O–H groups in total. The van der Waals surface area contributed by atoms with Gasteiger partial charge in [0.1, 0.15) is 0 Å². The van der Waals surface area contributed by atoms with E-state index in [1.807, 2.05) is 13.8 Å². The summed E-state index contributed by atoms with van der Waals surface area (Å²) < 4.78 is 23.4. The van der Waals surface area contributed by atoms with E-state index in [0.717, 1.165) is 0 Å². The van der Waals surface area contributed by atoms with Crippen LogP contribution in [0.4, 0.5) is 0 Å². The minimum absolute atomic E-state index is 0. The summed E-state index contributed by atoms with van der Waals surface area (Å²) in [6.07, 6.45) is 0. The van der Waals surface area contributed by atoms with Crippen LogP contribution in [0.15, 0.2) is 29.2 Å². The number of hydrogen-bond acceptors (Lipinski definition) is 4. The van der Waals surface area contributed by atoms with Crippen molar-refractivity contribution < 1.29 is 19.4 Å². The molecule has 88 valence electrons. The molecule has 0 bridgehead atoms. The number of hydrogen-bond donors (Lipinski definition) is 0. The Hall–Kier alpha value is -0.845. The molecular weight excluding hydrogens is 227 g/mol. The fourth-order valence-corrected chi connectivity index (χ4v) is 2.83. The Labute approximate surface area is 97.6 Å². The van der Waals surface area contributed by atoms with E-state index >= 15 is 0 Å². The van der Waals surface area contributed by atoms with Crippen molar-refractivity contribution in [2.45, 2.75) is 18.7 Å². The SMILES string of the molecule is [B+2]c1ccc(S(=O)(=O)CC(C)C)cc1.[OH-].[OH-]. The molecule has 0 heterocycles. The number of rotatable bonds is 3. The minimum atomic E-state index is -3.13. The summed E-state index contributed by atoms with van der Waals surface area (Å²) in [5, 5.41) is 0. The van der Waals surface area contributed by atoms with E-state index in [0.29, 0.717) is 10.4 Å². The Morgan fingerprint density at radius 1 is 1.12 bits per heavy atom. The van der Waals surface area contributed by atoms with E-state index in [4.69, 9.17) is 7.85 Å². The van der Waals surface area contributed by atoms with Crippen molar-refractivity contribution in [1.82, 2.24) is 0 Å². The van der Waals surface area contributed by atoms with Gasteiger partial charge < -0.3 is 11.0 Å². The van der Waals surface area contributed by atoms with Gasteiger partial charge in [0.25, 0.3) is 0 Å². The van der Waals surface area contributed by atoms with Crippen molar-refractivity contribution in [3.05, 3.63) is 24.3 Å². The average molecular weight is 242 g/mol. The van der Waals surface area contributed by atoms with Gasteiger partial charge in [-0.05, 0) is 0 Å². The van der Waals surface area contributed by atoms with Crippen LogP contribution in [0, 0.1) is 5.92 Å². The van der Waals surface area contributed by atoms with Crippen molar-refractivity contribution in [3.8, 4) is 0 Å². The first kappa shape index (κ1) is 17.5. The third-order valence-electron chi connectivity index (χ3n) is 1.79. The molecule has 0 atom stereocenters. The zero-order valence-electron chi connectivity index (χ0n) is 9.29. The Bertz CT molecular complexity index is 397. The predicted molar refractivity (Wildman–Crippen MR) is 62.6 cm³/mol. The molecule has 6 heteroatoms. The fourth-order valence-electron chi connectivity index (χ4n) is 1.21. The summed E-state index contributed by atoms with van der Waals surface area (Å²) in [5.74, 6) is 0.314. The Kier molecular flexibility index (Phi) is 7.32. The van der Waals surface area contributed by atoms with Crippen LogP contribution in [0.1, 0.15) is 13.8 Å². The molecule has 0 unspecified atom stereocenters. The Morgan fingerprint density at radius 2 is 1.56 bits per heavy atom. The zero-order chi connectivity index (χ0) is 10.8. The second kappa shape index (κ2) is 6.68. The third kappa shape index (κ3) is 4.78. The van der Waals surface area contributed by atoms with Crippen molar-refractivity contribution in [2.75, 3.05) is 5.75 Å². The smallest absolute Gasteiger partial charge is 0.870 e. The van der Waals surface area contributed by atoms with Gasteiger partial charge in [-0.1, -0.05) is 0 Å². The molecule has 0 amide bonds. The summed E-state index contributed by atoms with van der Waals surface area (Å²) in [4.78, 5) is 0.348. The molecule has 0 aromatic heterocycles. The van der Waals surface area contributed by atoms with Crippen LogP contribution in [0.5, 0.6) is 0 Å². The quantitative estimate of drug-likeness (QED) is 0.723. The maximum atomic E-state index is 11.7. The monoisotopic (exact) mass is 242 g/mol. The average Bonchev–Trinajstić information content (AvgIpc) is 2.02. The molecular formula is C10H15BO4S. The number of sulfone groups is 1. The van der Waals surface area contributed by atoms with Crippen molar-refractivity contribution >= 4 is 23.1 Å². The first-order chi connectivity index (χ1) is 6.42. The molecule has 0 radical (unpaired) electrons. The summed E-state index contributed by atoms with van der Waals surface area (Å²) in [7, 11) is 2.34. The molecule has 1 aromatic rings. The summed E-state index contributed by atoms with van der Waals surface area (Å²) in [6, 6.07) is 6.31. The Balaban J connectivity index is 0. The van der Waals surface area contributed by atoms with Gasteiger partial charge in [-0.15, -0.1) is 0 Å². The summed E-state index contributed by atoms with van der Waals surface area (Å²) in [6.45, 7) is 3.77. The zero-order valence-corrected chi connectivity index (χ0v) is 10.1. The molecule has 0 fully saturated rings. The molecule has 0 spiro atoms. The van der Waals surface area contributed by atoms with Crippen LogP contribution >= 0.6 is 0 Å². The Morgan fingerprint density at radius 3 is 1.94 bits per heavy atom. The van der Waals surface area contributed by atoms with Gasteiger partial charge in [-0.3, -0.25) is 0 Å². The molecule has 0 saturated carbocycles. The topological polar surface area (TPSA) is 94.1 Å². The van der Waals surface area contributed by atoms with Crippen molar-refractivity contribution in [3.63, 3.8) is 0 Å². The predicted octanol–water partition coefficient (Wildman–Crippen LogP) is 0.556. The largest absolute Gasteiger partial charge is 0.870 e.